The Kier molecular flexibility index (Phi) is 3.78. The minimum Gasteiger partial charge on any atom is -0.481 e. The lowest BCUT2D eigenvalue weighted by Gasteiger charge is -2.35. The predicted molar refractivity (Wildman–Crippen MR) is 90.3 cm³/mol. The van der Waals surface area contributed by atoms with Gasteiger partial charge < -0.3 is 14.5 Å². The van der Waals surface area contributed by atoms with Crippen molar-refractivity contribution in [3.63, 3.8) is 0 Å². The second-order valence-corrected chi connectivity index (χ2v) is 5.46. The third-order valence-electron chi connectivity index (χ3n) is 4.11. The third kappa shape index (κ3) is 2.66. The zero-order chi connectivity index (χ0) is 16.4. The van der Waals surface area contributed by atoms with Crippen molar-refractivity contribution in [2.75, 3.05) is 43.1 Å². The van der Waals surface area contributed by atoms with Crippen LogP contribution in [0.1, 0.15) is 0 Å². The molecule has 3 aromatic heterocycles. The molecule has 1 fully saturated rings. The SMILES string of the molecule is COc1ccnc(N2CCN(c3ncnc4cnccc34)CC2)n1. The van der Waals surface area contributed by atoms with Gasteiger partial charge in [0.2, 0.25) is 11.8 Å². The molecule has 8 nitrogen and oxygen atoms in total. The predicted octanol–water partition coefficient (Wildman–Crippen LogP) is 1.15. The highest BCUT2D eigenvalue weighted by Gasteiger charge is 2.21. The summed E-state index contributed by atoms with van der Waals surface area (Å²) in [6.45, 7) is 3.33. The van der Waals surface area contributed by atoms with Gasteiger partial charge >= 0.3 is 0 Å². The molecule has 4 heterocycles. The summed E-state index contributed by atoms with van der Waals surface area (Å²) in [6, 6.07) is 3.71. The summed E-state index contributed by atoms with van der Waals surface area (Å²) in [5, 5.41) is 1.03. The second-order valence-electron chi connectivity index (χ2n) is 5.46. The number of fused-ring (bicyclic) bond motifs is 1. The van der Waals surface area contributed by atoms with E-state index in [4.69, 9.17) is 4.74 Å². The van der Waals surface area contributed by atoms with E-state index in [1.54, 1.807) is 38.1 Å². The van der Waals surface area contributed by atoms with Crippen LogP contribution in [0.5, 0.6) is 5.88 Å². The normalized spacial score (nSPS) is 14.9. The first-order chi connectivity index (χ1) is 11.8. The number of hydrogen-bond donors (Lipinski definition) is 0. The van der Waals surface area contributed by atoms with Crippen LogP contribution in [0.2, 0.25) is 0 Å². The van der Waals surface area contributed by atoms with Crippen molar-refractivity contribution in [1.82, 2.24) is 24.9 Å². The van der Waals surface area contributed by atoms with Crippen LogP contribution in [0.25, 0.3) is 10.9 Å². The first kappa shape index (κ1) is 14.6. The maximum Gasteiger partial charge on any atom is 0.228 e. The van der Waals surface area contributed by atoms with Gasteiger partial charge in [-0.3, -0.25) is 4.98 Å². The molecule has 0 spiro atoms. The molecule has 0 amide bonds. The smallest absolute Gasteiger partial charge is 0.228 e. The fourth-order valence-electron chi connectivity index (χ4n) is 2.86. The van der Waals surface area contributed by atoms with Crippen molar-refractivity contribution in [1.29, 1.82) is 0 Å². The maximum absolute atomic E-state index is 5.17. The molecule has 0 unspecified atom stereocenters. The van der Waals surface area contributed by atoms with Gasteiger partial charge in [0, 0.05) is 50.0 Å². The Labute approximate surface area is 139 Å². The van der Waals surface area contributed by atoms with Gasteiger partial charge in [0.15, 0.2) is 0 Å². The number of methoxy groups -OCH3 is 1. The van der Waals surface area contributed by atoms with Gasteiger partial charge in [0.25, 0.3) is 0 Å². The van der Waals surface area contributed by atoms with Crippen LogP contribution in [0, 0.1) is 0 Å². The fraction of sp³-hybridized carbons (Fsp3) is 0.312. The van der Waals surface area contributed by atoms with Crippen LogP contribution in [0.3, 0.4) is 0 Å². The molecule has 0 N–H and O–H groups in total. The summed E-state index contributed by atoms with van der Waals surface area (Å²) in [5.41, 5.74) is 0.862. The lowest BCUT2D eigenvalue weighted by Crippen LogP contribution is -2.47. The molecule has 0 bridgehead atoms. The first-order valence-electron chi connectivity index (χ1n) is 7.77. The minimum atomic E-state index is 0.580. The van der Waals surface area contributed by atoms with Gasteiger partial charge in [-0.2, -0.15) is 4.98 Å². The maximum atomic E-state index is 5.17. The number of nitrogens with zero attached hydrogens (tertiary/aromatic N) is 7. The topological polar surface area (TPSA) is 80.2 Å². The Balaban J connectivity index is 1.53. The highest BCUT2D eigenvalue weighted by Crippen LogP contribution is 2.24. The Bertz CT molecular complexity index is 843. The molecular weight excluding hydrogens is 306 g/mol. The van der Waals surface area contributed by atoms with Crippen LogP contribution < -0.4 is 14.5 Å². The van der Waals surface area contributed by atoms with Gasteiger partial charge in [-0.15, -0.1) is 0 Å². The van der Waals surface area contributed by atoms with E-state index in [1.165, 1.54) is 0 Å². The van der Waals surface area contributed by atoms with Crippen molar-refractivity contribution >= 4 is 22.7 Å². The number of pyridine rings is 1. The number of ether oxygens (including phenoxy) is 1. The Hall–Kier alpha value is -3.03. The van der Waals surface area contributed by atoms with Gasteiger partial charge in [0.1, 0.15) is 12.1 Å². The summed E-state index contributed by atoms with van der Waals surface area (Å²) in [6.07, 6.45) is 6.85. The Morgan fingerprint density at radius 3 is 2.62 bits per heavy atom. The number of piperazine rings is 1. The van der Waals surface area contributed by atoms with Crippen LogP contribution in [0.15, 0.2) is 37.1 Å². The van der Waals surface area contributed by atoms with E-state index >= 15 is 0 Å². The molecule has 0 atom stereocenters. The molecule has 0 saturated carbocycles. The Morgan fingerprint density at radius 1 is 0.958 bits per heavy atom. The lowest BCUT2D eigenvalue weighted by molar-refractivity contribution is 0.396. The molecular formula is C16H17N7O. The number of hydrogen-bond acceptors (Lipinski definition) is 8. The number of aromatic nitrogens is 5. The summed E-state index contributed by atoms with van der Waals surface area (Å²) in [5.74, 6) is 2.23. The number of anilines is 2. The molecule has 4 rings (SSSR count). The van der Waals surface area contributed by atoms with E-state index in [0.717, 1.165) is 42.9 Å². The standard InChI is InChI=1S/C16H17N7O/c1-24-14-3-5-18-16(21-14)23-8-6-22(7-9-23)15-12-2-4-17-10-13(12)19-11-20-15/h2-5,10-11H,6-9H2,1H3. The van der Waals surface area contributed by atoms with Crippen LogP contribution in [-0.2, 0) is 0 Å². The van der Waals surface area contributed by atoms with E-state index in [1.807, 2.05) is 6.07 Å². The average Bonchev–Trinajstić information content (AvgIpc) is 2.68. The van der Waals surface area contributed by atoms with E-state index in [0.29, 0.717) is 11.8 Å². The monoisotopic (exact) mass is 323 g/mol. The quantitative estimate of drug-likeness (QED) is 0.710. The molecule has 0 aliphatic carbocycles. The van der Waals surface area contributed by atoms with Gasteiger partial charge in [0.05, 0.1) is 18.8 Å². The van der Waals surface area contributed by atoms with E-state index < -0.39 is 0 Å². The number of rotatable bonds is 3. The summed E-state index contributed by atoms with van der Waals surface area (Å²) < 4.78 is 5.17. The van der Waals surface area contributed by atoms with Crippen molar-refractivity contribution in [2.45, 2.75) is 0 Å². The average molecular weight is 323 g/mol. The van der Waals surface area contributed by atoms with E-state index in [-0.39, 0.29) is 0 Å². The zero-order valence-corrected chi connectivity index (χ0v) is 13.3. The van der Waals surface area contributed by atoms with Crippen molar-refractivity contribution in [2.24, 2.45) is 0 Å². The molecule has 1 saturated heterocycles. The fourth-order valence-corrected chi connectivity index (χ4v) is 2.86. The van der Waals surface area contributed by atoms with Crippen molar-refractivity contribution in [3.8, 4) is 5.88 Å². The van der Waals surface area contributed by atoms with Gasteiger partial charge in [-0.05, 0) is 6.07 Å². The third-order valence-corrected chi connectivity index (χ3v) is 4.11. The van der Waals surface area contributed by atoms with Crippen LogP contribution in [0.4, 0.5) is 11.8 Å². The molecule has 0 radical (unpaired) electrons. The molecule has 1 aliphatic rings. The molecule has 3 aromatic rings. The summed E-state index contributed by atoms with van der Waals surface area (Å²) in [7, 11) is 1.61. The first-order valence-corrected chi connectivity index (χ1v) is 7.77. The summed E-state index contributed by atoms with van der Waals surface area (Å²) in [4.78, 5) is 26.0. The van der Waals surface area contributed by atoms with E-state index in [9.17, 15) is 0 Å². The van der Waals surface area contributed by atoms with Gasteiger partial charge in [-0.1, -0.05) is 0 Å². The summed E-state index contributed by atoms with van der Waals surface area (Å²) >= 11 is 0. The van der Waals surface area contributed by atoms with Crippen molar-refractivity contribution in [3.05, 3.63) is 37.1 Å². The van der Waals surface area contributed by atoms with Crippen LogP contribution >= 0.6 is 0 Å². The minimum absolute atomic E-state index is 0.580. The molecule has 1 aliphatic heterocycles. The highest BCUT2D eigenvalue weighted by molar-refractivity contribution is 5.88. The lowest BCUT2D eigenvalue weighted by atomic mass is 10.2. The zero-order valence-electron chi connectivity index (χ0n) is 13.3. The van der Waals surface area contributed by atoms with Crippen molar-refractivity contribution < 1.29 is 4.74 Å². The molecule has 24 heavy (non-hydrogen) atoms. The second kappa shape index (κ2) is 6.23. The van der Waals surface area contributed by atoms with E-state index in [2.05, 4.69) is 34.7 Å². The highest BCUT2D eigenvalue weighted by atomic mass is 16.5. The van der Waals surface area contributed by atoms with Crippen LogP contribution in [-0.4, -0.2) is 58.2 Å². The molecule has 0 aromatic carbocycles. The Morgan fingerprint density at radius 2 is 1.79 bits per heavy atom. The largest absolute Gasteiger partial charge is 0.481 e. The molecule has 8 heteroatoms. The van der Waals surface area contributed by atoms with Gasteiger partial charge in [-0.25, -0.2) is 15.0 Å². The molecule has 122 valence electrons.